The molecule has 158 valence electrons. The predicted octanol–water partition coefficient (Wildman–Crippen LogP) is 1.79. The number of pyridine rings is 1. The fourth-order valence-electron chi connectivity index (χ4n) is 3.57. The Kier molecular flexibility index (Phi) is 5.39. The van der Waals surface area contributed by atoms with Crippen molar-refractivity contribution in [2.24, 2.45) is 0 Å². The third-order valence-corrected chi connectivity index (χ3v) is 7.10. The zero-order valence-electron chi connectivity index (χ0n) is 16.3. The lowest BCUT2D eigenvalue weighted by molar-refractivity contribution is 0.179. The van der Waals surface area contributed by atoms with Crippen molar-refractivity contribution in [1.29, 1.82) is 0 Å². The number of nitrogens with zero attached hydrogens (tertiary/aromatic N) is 4. The molecule has 1 fully saturated rings. The first kappa shape index (κ1) is 20.6. The van der Waals surface area contributed by atoms with Crippen molar-refractivity contribution in [2.45, 2.75) is 18.4 Å². The van der Waals surface area contributed by atoms with E-state index >= 15 is 0 Å². The van der Waals surface area contributed by atoms with E-state index in [4.69, 9.17) is 0 Å². The van der Waals surface area contributed by atoms with E-state index in [1.807, 2.05) is 17.9 Å². The van der Waals surface area contributed by atoms with E-state index in [2.05, 4.69) is 4.98 Å². The van der Waals surface area contributed by atoms with Crippen LogP contribution in [0.1, 0.15) is 11.3 Å². The van der Waals surface area contributed by atoms with Crippen molar-refractivity contribution < 1.29 is 17.2 Å². The summed E-state index contributed by atoms with van der Waals surface area (Å²) in [7, 11) is -4.05. The fraction of sp³-hybridized carbons (Fsp3) is 0.300. The molecule has 0 unspecified atom stereocenters. The van der Waals surface area contributed by atoms with Crippen LogP contribution in [0.3, 0.4) is 0 Å². The van der Waals surface area contributed by atoms with Crippen molar-refractivity contribution >= 4 is 15.7 Å². The third kappa shape index (κ3) is 3.85. The topological polar surface area (TPSA) is 75.0 Å². The van der Waals surface area contributed by atoms with E-state index in [0.29, 0.717) is 37.0 Å². The van der Waals surface area contributed by atoms with Crippen molar-refractivity contribution in [2.75, 3.05) is 26.2 Å². The number of hydrogen-bond acceptors (Lipinski definition) is 5. The molecule has 1 aromatic carbocycles. The summed E-state index contributed by atoms with van der Waals surface area (Å²) in [6.45, 7) is 3.39. The molecular formula is C20H20F2N4O3S. The maximum absolute atomic E-state index is 14.0. The van der Waals surface area contributed by atoms with Gasteiger partial charge in [-0.05, 0) is 30.7 Å². The summed E-state index contributed by atoms with van der Waals surface area (Å²) in [5.41, 5.74) is 1.91. The molecular weight excluding hydrogens is 414 g/mol. The largest absolute Gasteiger partial charge is 0.295 e. The highest BCUT2D eigenvalue weighted by Gasteiger charge is 2.31. The van der Waals surface area contributed by atoms with Gasteiger partial charge in [-0.3, -0.25) is 14.1 Å². The molecule has 0 saturated carbocycles. The molecule has 4 rings (SSSR count). The molecule has 0 N–H and O–H groups in total. The van der Waals surface area contributed by atoms with Crippen LogP contribution in [0.25, 0.3) is 5.65 Å². The van der Waals surface area contributed by atoms with Gasteiger partial charge in [-0.2, -0.15) is 4.31 Å². The quantitative estimate of drug-likeness (QED) is 0.626. The van der Waals surface area contributed by atoms with Gasteiger partial charge in [0.1, 0.15) is 22.2 Å². The van der Waals surface area contributed by atoms with E-state index in [-0.39, 0.29) is 18.6 Å². The van der Waals surface area contributed by atoms with Gasteiger partial charge in [0, 0.05) is 51.1 Å². The van der Waals surface area contributed by atoms with Gasteiger partial charge in [-0.1, -0.05) is 6.07 Å². The van der Waals surface area contributed by atoms with Crippen molar-refractivity contribution in [3.05, 3.63) is 75.8 Å². The maximum Gasteiger partial charge on any atom is 0.258 e. The van der Waals surface area contributed by atoms with Crippen LogP contribution in [0.4, 0.5) is 8.78 Å². The Morgan fingerprint density at radius 2 is 1.80 bits per heavy atom. The molecule has 1 saturated heterocycles. The number of rotatable bonds is 4. The Labute approximate surface area is 172 Å². The van der Waals surface area contributed by atoms with Gasteiger partial charge in [0.05, 0.1) is 5.69 Å². The Morgan fingerprint density at radius 1 is 1.07 bits per heavy atom. The van der Waals surface area contributed by atoms with Gasteiger partial charge in [-0.25, -0.2) is 22.2 Å². The van der Waals surface area contributed by atoms with Crippen molar-refractivity contribution in [3.63, 3.8) is 0 Å². The molecule has 0 amide bonds. The van der Waals surface area contributed by atoms with Gasteiger partial charge in [0.2, 0.25) is 10.0 Å². The zero-order chi connectivity index (χ0) is 21.5. The Morgan fingerprint density at radius 3 is 2.50 bits per heavy atom. The number of fused-ring (bicyclic) bond motifs is 1. The van der Waals surface area contributed by atoms with Gasteiger partial charge in [0.15, 0.2) is 0 Å². The second-order valence-corrected chi connectivity index (χ2v) is 9.13. The molecule has 3 heterocycles. The van der Waals surface area contributed by atoms with Gasteiger partial charge >= 0.3 is 0 Å². The highest BCUT2D eigenvalue weighted by molar-refractivity contribution is 7.89. The van der Waals surface area contributed by atoms with Gasteiger partial charge in [-0.15, -0.1) is 0 Å². The summed E-state index contributed by atoms with van der Waals surface area (Å²) in [5.74, 6) is -1.93. The van der Waals surface area contributed by atoms with Crippen LogP contribution in [0.15, 0.2) is 52.3 Å². The highest BCUT2D eigenvalue weighted by Crippen LogP contribution is 2.22. The van der Waals surface area contributed by atoms with Crippen LogP contribution in [0, 0.1) is 18.6 Å². The number of benzene rings is 1. The smallest absolute Gasteiger partial charge is 0.258 e. The summed E-state index contributed by atoms with van der Waals surface area (Å²) in [5, 5.41) is 0. The molecule has 3 aromatic rings. The van der Waals surface area contributed by atoms with E-state index in [9.17, 15) is 22.0 Å². The minimum Gasteiger partial charge on any atom is -0.295 e. The zero-order valence-corrected chi connectivity index (χ0v) is 17.1. The number of hydrogen-bond donors (Lipinski definition) is 0. The van der Waals surface area contributed by atoms with E-state index in [1.165, 1.54) is 14.8 Å². The molecule has 0 radical (unpaired) electrons. The van der Waals surface area contributed by atoms with Crippen LogP contribution in [0.2, 0.25) is 0 Å². The van der Waals surface area contributed by atoms with E-state index < -0.39 is 26.6 Å². The lowest BCUT2D eigenvalue weighted by Crippen LogP contribution is -2.48. The molecule has 0 aliphatic carbocycles. The van der Waals surface area contributed by atoms with E-state index in [0.717, 1.165) is 17.7 Å². The predicted molar refractivity (Wildman–Crippen MR) is 107 cm³/mol. The number of halogens is 2. The normalized spacial score (nSPS) is 16.2. The summed E-state index contributed by atoms with van der Waals surface area (Å²) in [6.07, 6.45) is 1.67. The van der Waals surface area contributed by atoms with Crippen LogP contribution in [0.5, 0.6) is 0 Å². The summed E-state index contributed by atoms with van der Waals surface area (Å²) >= 11 is 0. The number of piperazine rings is 1. The molecule has 1 aliphatic heterocycles. The first-order valence-corrected chi connectivity index (χ1v) is 10.9. The van der Waals surface area contributed by atoms with Crippen molar-refractivity contribution in [1.82, 2.24) is 18.6 Å². The van der Waals surface area contributed by atoms with Gasteiger partial charge in [0.25, 0.3) is 5.56 Å². The van der Waals surface area contributed by atoms with Gasteiger partial charge < -0.3 is 0 Å². The molecule has 7 nitrogen and oxygen atoms in total. The fourth-order valence-corrected chi connectivity index (χ4v) is 5.04. The van der Waals surface area contributed by atoms with Crippen molar-refractivity contribution in [3.8, 4) is 0 Å². The molecule has 2 aromatic heterocycles. The standard InChI is InChI=1S/C20H20F2N4O3S/c1-14-3-2-6-26-19(27)12-16(23-20(14)26)13-24-7-9-25(10-8-24)30(28,29)18-5-4-15(21)11-17(18)22/h2-6,11-12H,7-10,13H2,1H3. The first-order chi connectivity index (χ1) is 14.3. The molecule has 30 heavy (non-hydrogen) atoms. The molecule has 0 bridgehead atoms. The Hall–Kier alpha value is -2.69. The maximum atomic E-state index is 14.0. The Bertz CT molecular complexity index is 1270. The summed E-state index contributed by atoms with van der Waals surface area (Å²) < 4.78 is 55.1. The monoisotopic (exact) mass is 434 g/mol. The second-order valence-electron chi connectivity index (χ2n) is 7.23. The Balaban J connectivity index is 1.48. The molecule has 0 spiro atoms. The second kappa shape index (κ2) is 7.86. The molecule has 0 atom stereocenters. The average Bonchev–Trinajstić information content (AvgIpc) is 2.69. The van der Waals surface area contributed by atoms with Crippen LogP contribution in [-0.2, 0) is 16.6 Å². The first-order valence-electron chi connectivity index (χ1n) is 9.41. The summed E-state index contributed by atoms with van der Waals surface area (Å²) in [4.78, 5) is 18.4. The minimum atomic E-state index is -4.05. The molecule has 1 aliphatic rings. The lowest BCUT2D eigenvalue weighted by atomic mass is 10.2. The SMILES string of the molecule is Cc1cccn2c(=O)cc(CN3CCN(S(=O)(=O)c4ccc(F)cc4F)CC3)nc12. The summed E-state index contributed by atoms with van der Waals surface area (Å²) in [6, 6.07) is 7.58. The lowest BCUT2D eigenvalue weighted by Gasteiger charge is -2.33. The van der Waals surface area contributed by atoms with Crippen LogP contribution >= 0.6 is 0 Å². The molecule has 10 heteroatoms. The van der Waals surface area contributed by atoms with E-state index in [1.54, 1.807) is 12.3 Å². The average molecular weight is 434 g/mol. The van der Waals surface area contributed by atoms with Crippen LogP contribution < -0.4 is 5.56 Å². The minimum absolute atomic E-state index is 0.157. The number of sulfonamides is 1. The van der Waals surface area contributed by atoms with Crippen LogP contribution in [-0.4, -0.2) is 53.2 Å². The number of aryl methyl sites for hydroxylation is 1. The highest BCUT2D eigenvalue weighted by atomic mass is 32.2. The third-order valence-electron chi connectivity index (χ3n) is 5.17. The number of aromatic nitrogens is 2.